The predicted octanol–water partition coefficient (Wildman–Crippen LogP) is 4.90. The Morgan fingerprint density at radius 1 is 1.14 bits per heavy atom. The molecule has 0 saturated heterocycles. The van der Waals surface area contributed by atoms with Gasteiger partial charge in [-0.05, 0) is 48.4 Å². The van der Waals surface area contributed by atoms with Crippen LogP contribution in [0.3, 0.4) is 0 Å². The fraction of sp³-hybridized carbons (Fsp3) is 0.294. The molecule has 4 heteroatoms. The van der Waals surface area contributed by atoms with E-state index >= 15 is 0 Å². The highest BCUT2D eigenvalue weighted by Gasteiger charge is 2.16. The van der Waals surface area contributed by atoms with Crippen LogP contribution in [-0.4, -0.2) is 13.7 Å². The van der Waals surface area contributed by atoms with Crippen LogP contribution in [0.25, 0.3) is 0 Å². The number of methoxy groups -OCH3 is 1. The number of likely N-dealkylation sites (N-methyl/N-ethyl adjacent to an activating group) is 1. The standard InChI is InChI=1S/C17H19Cl2NO/c1-3-20-16(14-6-4-5-7-15(14)19)11-12-10-13(18)8-9-17(12)21-2/h4-10,16,20H,3,11H2,1-2H3. The van der Waals surface area contributed by atoms with Gasteiger partial charge in [-0.3, -0.25) is 0 Å². The minimum absolute atomic E-state index is 0.121. The van der Waals surface area contributed by atoms with E-state index in [0.29, 0.717) is 5.02 Å². The fourth-order valence-corrected chi connectivity index (χ4v) is 2.88. The summed E-state index contributed by atoms with van der Waals surface area (Å²) in [5, 5.41) is 4.95. The second-order valence-electron chi connectivity index (χ2n) is 4.79. The van der Waals surface area contributed by atoms with Crippen molar-refractivity contribution in [3.8, 4) is 5.75 Å². The van der Waals surface area contributed by atoms with Gasteiger partial charge in [0.25, 0.3) is 0 Å². The average molecular weight is 324 g/mol. The van der Waals surface area contributed by atoms with E-state index in [1.165, 1.54) is 0 Å². The van der Waals surface area contributed by atoms with Gasteiger partial charge in [-0.15, -0.1) is 0 Å². The van der Waals surface area contributed by atoms with Crippen LogP contribution in [0.15, 0.2) is 42.5 Å². The summed E-state index contributed by atoms with van der Waals surface area (Å²) in [7, 11) is 1.67. The third-order valence-electron chi connectivity index (χ3n) is 3.40. The Morgan fingerprint density at radius 3 is 2.57 bits per heavy atom. The first-order valence-electron chi connectivity index (χ1n) is 6.96. The number of rotatable bonds is 6. The van der Waals surface area contributed by atoms with Crippen LogP contribution in [0.1, 0.15) is 24.1 Å². The van der Waals surface area contributed by atoms with Crippen molar-refractivity contribution in [1.29, 1.82) is 0 Å². The highest BCUT2D eigenvalue weighted by molar-refractivity contribution is 6.31. The molecule has 21 heavy (non-hydrogen) atoms. The summed E-state index contributed by atoms with van der Waals surface area (Å²) in [4.78, 5) is 0. The van der Waals surface area contributed by atoms with Gasteiger partial charge in [-0.1, -0.05) is 48.3 Å². The molecular formula is C17H19Cl2NO. The summed E-state index contributed by atoms with van der Waals surface area (Å²) < 4.78 is 5.43. The molecule has 0 aliphatic carbocycles. The molecule has 0 radical (unpaired) electrons. The first-order valence-corrected chi connectivity index (χ1v) is 7.71. The van der Waals surface area contributed by atoms with Gasteiger partial charge < -0.3 is 10.1 Å². The first kappa shape index (κ1) is 16.2. The second kappa shape index (κ2) is 7.69. The van der Waals surface area contributed by atoms with Crippen LogP contribution in [0, 0.1) is 0 Å². The highest BCUT2D eigenvalue weighted by atomic mass is 35.5. The van der Waals surface area contributed by atoms with Crippen molar-refractivity contribution >= 4 is 23.2 Å². The van der Waals surface area contributed by atoms with Gasteiger partial charge in [0, 0.05) is 16.1 Å². The minimum atomic E-state index is 0.121. The van der Waals surface area contributed by atoms with E-state index < -0.39 is 0 Å². The third-order valence-corrected chi connectivity index (χ3v) is 3.98. The molecule has 0 aliphatic rings. The maximum Gasteiger partial charge on any atom is 0.122 e. The SMILES string of the molecule is CCNC(Cc1cc(Cl)ccc1OC)c1ccccc1Cl. The Labute approximate surface area is 136 Å². The normalized spacial score (nSPS) is 12.2. The molecule has 1 N–H and O–H groups in total. The van der Waals surface area contributed by atoms with Crippen molar-refractivity contribution in [3.63, 3.8) is 0 Å². The minimum Gasteiger partial charge on any atom is -0.496 e. The smallest absolute Gasteiger partial charge is 0.122 e. The lowest BCUT2D eigenvalue weighted by Gasteiger charge is -2.21. The zero-order chi connectivity index (χ0) is 15.2. The Kier molecular flexibility index (Phi) is 5.92. The van der Waals surface area contributed by atoms with E-state index in [-0.39, 0.29) is 6.04 Å². The lowest BCUT2D eigenvalue weighted by Crippen LogP contribution is -2.23. The van der Waals surface area contributed by atoms with E-state index in [2.05, 4.69) is 12.2 Å². The Bertz CT molecular complexity index is 601. The van der Waals surface area contributed by atoms with Gasteiger partial charge in [0.1, 0.15) is 5.75 Å². The molecule has 2 aromatic rings. The van der Waals surface area contributed by atoms with Crippen LogP contribution >= 0.6 is 23.2 Å². The Morgan fingerprint density at radius 2 is 1.90 bits per heavy atom. The summed E-state index contributed by atoms with van der Waals surface area (Å²) in [6.45, 7) is 2.94. The van der Waals surface area contributed by atoms with Crippen molar-refractivity contribution in [2.75, 3.05) is 13.7 Å². The van der Waals surface area contributed by atoms with E-state index in [9.17, 15) is 0 Å². The maximum atomic E-state index is 6.33. The number of benzene rings is 2. The number of hydrogen-bond donors (Lipinski definition) is 1. The van der Waals surface area contributed by atoms with Crippen molar-refractivity contribution in [1.82, 2.24) is 5.32 Å². The van der Waals surface area contributed by atoms with Crippen LogP contribution < -0.4 is 10.1 Å². The summed E-state index contributed by atoms with van der Waals surface area (Å²) in [6.07, 6.45) is 0.765. The molecule has 0 bridgehead atoms. The summed E-state index contributed by atoms with van der Waals surface area (Å²) in [5.41, 5.74) is 2.15. The zero-order valence-corrected chi connectivity index (χ0v) is 13.7. The molecule has 2 nitrogen and oxygen atoms in total. The number of nitrogens with one attached hydrogen (secondary N) is 1. The van der Waals surface area contributed by atoms with Gasteiger partial charge in [0.2, 0.25) is 0 Å². The van der Waals surface area contributed by atoms with Gasteiger partial charge in [0.15, 0.2) is 0 Å². The van der Waals surface area contributed by atoms with Gasteiger partial charge in [-0.25, -0.2) is 0 Å². The molecule has 1 atom stereocenters. The zero-order valence-electron chi connectivity index (χ0n) is 12.2. The lowest BCUT2D eigenvalue weighted by molar-refractivity contribution is 0.405. The predicted molar refractivity (Wildman–Crippen MR) is 89.6 cm³/mol. The third kappa shape index (κ3) is 4.13. The molecule has 2 rings (SSSR count). The second-order valence-corrected chi connectivity index (χ2v) is 5.64. The molecule has 0 fully saturated rings. The van der Waals surface area contributed by atoms with Crippen LogP contribution in [-0.2, 0) is 6.42 Å². The van der Waals surface area contributed by atoms with Gasteiger partial charge in [0.05, 0.1) is 7.11 Å². The van der Waals surface area contributed by atoms with Crippen LogP contribution in [0.4, 0.5) is 0 Å². The number of hydrogen-bond acceptors (Lipinski definition) is 2. The molecule has 0 spiro atoms. The van der Waals surface area contributed by atoms with Gasteiger partial charge in [-0.2, -0.15) is 0 Å². The molecule has 0 saturated carbocycles. The molecule has 1 unspecified atom stereocenters. The molecule has 112 valence electrons. The molecule has 2 aromatic carbocycles. The van der Waals surface area contributed by atoms with Crippen LogP contribution in [0.5, 0.6) is 5.75 Å². The monoisotopic (exact) mass is 323 g/mol. The van der Waals surface area contributed by atoms with Crippen molar-refractivity contribution in [3.05, 3.63) is 63.6 Å². The van der Waals surface area contributed by atoms with E-state index in [4.69, 9.17) is 27.9 Å². The van der Waals surface area contributed by atoms with Crippen molar-refractivity contribution in [2.24, 2.45) is 0 Å². The lowest BCUT2D eigenvalue weighted by atomic mass is 9.98. The topological polar surface area (TPSA) is 21.3 Å². The Hall–Kier alpha value is -1.22. The average Bonchev–Trinajstić information content (AvgIpc) is 2.48. The summed E-state index contributed by atoms with van der Waals surface area (Å²) >= 11 is 12.4. The van der Waals surface area contributed by atoms with Gasteiger partial charge >= 0.3 is 0 Å². The molecule has 0 heterocycles. The van der Waals surface area contributed by atoms with E-state index in [0.717, 1.165) is 34.9 Å². The van der Waals surface area contributed by atoms with E-state index in [1.807, 2.05) is 42.5 Å². The maximum absolute atomic E-state index is 6.33. The van der Waals surface area contributed by atoms with E-state index in [1.54, 1.807) is 7.11 Å². The van der Waals surface area contributed by atoms with Crippen molar-refractivity contribution in [2.45, 2.75) is 19.4 Å². The number of halogens is 2. The quantitative estimate of drug-likeness (QED) is 0.816. The number of ether oxygens (including phenoxy) is 1. The fourth-order valence-electron chi connectivity index (χ4n) is 2.42. The van der Waals surface area contributed by atoms with Crippen molar-refractivity contribution < 1.29 is 4.74 Å². The molecule has 0 amide bonds. The molecule has 0 aliphatic heterocycles. The van der Waals surface area contributed by atoms with Crippen LogP contribution in [0.2, 0.25) is 10.0 Å². The Balaban J connectivity index is 2.33. The first-order chi connectivity index (χ1) is 10.2. The largest absolute Gasteiger partial charge is 0.496 e. The summed E-state index contributed by atoms with van der Waals surface area (Å²) in [6, 6.07) is 13.7. The summed E-state index contributed by atoms with van der Waals surface area (Å²) in [5.74, 6) is 0.842. The highest BCUT2D eigenvalue weighted by Crippen LogP contribution is 2.30. The molecular weight excluding hydrogens is 305 g/mol. The molecule has 0 aromatic heterocycles.